The van der Waals surface area contributed by atoms with Crippen molar-refractivity contribution in [1.82, 2.24) is 0 Å². The van der Waals surface area contributed by atoms with Gasteiger partial charge in [0.05, 0.1) is 6.61 Å². The molecule has 0 aliphatic carbocycles. The minimum atomic E-state index is 0.283. The van der Waals surface area contributed by atoms with Crippen LogP contribution in [0.25, 0.3) is 0 Å². The van der Waals surface area contributed by atoms with Gasteiger partial charge in [0, 0.05) is 16.6 Å². The first-order valence-corrected chi connectivity index (χ1v) is 5.09. The summed E-state index contributed by atoms with van der Waals surface area (Å²) in [4.78, 5) is 0. The van der Waals surface area contributed by atoms with Crippen LogP contribution in [0.2, 0.25) is 0 Å². The van der Waals surface area contributed by atoms with Crippen LogP contribution in [0.3, 0.4) is 0 Å². The van der Waals surface area contributed by atoms with Crippen molar-refractivity contribution in [3.63, 3.8) is 0 Å². The Morgan fingerprint density at radius 2 is 2.23 bits per heavy atom. The monoisotopic (exact) mass is 244 g/mol. The van der Waals surface area contributed by atoms with Crippen molar-refractivity contribution in [3.8, 4) is 5.75 Å². The van der Waals surface area contributed by atoms with Crippen molar-refractivity contribution >= 4 is 15.9 Å². The summed E-state index contributed by atoms with van der Waals surface area (Å²) in [5, 5.41) is 9.48. The topological polar surface area (TPSA) is 29.5 Å². The summed E-state index contributed by atoms with van der Waals surface area (Å²) in [7, 11) is 0. The van der Waals surface area contributed by atoms with Gasteiger partial charge in [-0.3, -0.25) is 0 Å². The molecule has 0 aromatic heterocycles. The molecular weight excluding hydrogens is 232 g/mol. The molecule has 0 bridgehead atoms. The fourth-order valence-corrected chi connectivity index (χ4v) is 1.48. The Bertz CT molecular complexity index is 253. The lowest BCUT2D eigenvalue weighted by Gasteiger charge is -2.07. The lowest BCUT2D eigenvalue weighted by Crippen LogP contribution is -1.95. The van der Waals surface area contributed by atoms with Gasteiger partial charge in [-0.15, -0.1) is 0 Å². The van der Waals surface area contributed by atoms with E-state index >= 15 is 0 Å². The van der Waals surface area contributed by atoms with E-state index in [0.717, 1.165) is 23.1 Å². The van der Waals surface area contributed by atoms with Crippen LogP contribution >= 0.6 is 15.9 Å². The highest BCUT2D eigenvalue weighted by atomic mass is 79.9. The molecule has 72 valence electrons. The molecule has 0 heterocycles. The average Bonchev–Trinajstić information content (AvgIpc) is 2.10. The largest absolute Gasteiger partial charge is 0.508 e. The molecule has 0 aliphatic rings. The van der Waals surface area contributed by atoms with Gasteiger partial charge in [-0.25, -0.2) is 0 Å². The molecule has 0 fully saturated rings. The predicted octanol–water partition coefficient (Wildman–Crippen LogP) is 3.08. The molecule has 1 N–H and O–H groups in total. The second-order valence-electron chi connectivity index (χ2n) is 2.79. The van der Waals surface area contributed by atoms with Gasteiger partial charge < -0.3 is 9.84 Å². The van der Waals surface area contributed by atoms with E-state index in [-0.39, 0.29) is 5.75 Å². The molecule has 0 spiro atoms. The molecule has 3 heteroatoms. The summed E-state index contributed by atoms with van der Waals surface area (Å²) in [5.74, 6) is 0.283. The number of rotatable bonds is 4. The summed E-state index contributed by atoms with van der Waals surface area (Å²) in [6.07, 6.45) is 0.991. The fourth-order valence-electron chi connectivity index (χ4n) is 1.01. The molecule has 1 aromatic rings. The lowest BCUT2D eigenvalue weighted by atomic mass is 10.2. The number of hydrogen-bond acceptors (Lipinski definition) is 2. The Morgan fingerprint density at radius 3 is 2.85 bits per heavy atom. The summed E-state index contributed by atoms with van der Waals surface area (Å²) >= 11 is 3.36. The van der Waals surface area contributed by atoms with Gasteiger partial charge in [-0.05, 0) is 18.6 Å². The Balaban J connectivity index is 2.64. The van der Waals surface area contributed by atoms with Gasteiger partial charge >= 0.3 is 0 Å². The number of phenolic OH excluding ortho intramolecular Hbond substituents is 1. The van der Waals surface area contributed by atoms with Crippen LogP contribution in [0.5, 0.6) is 5.75 Å². The summed E-state index contributed by atoms with van der Waals surface area (Å²) < 4.78 is 6.23. The van der Waals surface area contributed by atoms with E-state index in [0.29, 0.717) is 6.61 Å². The Kier molecular flexibility index (Phi) is 4.25. The minimum absolute atomic E-state index is 0.283. The number of halogens is 1. The van der Waals surface area contributed by atoms with Crippen LogP contribution in [-0.4, -0.2) is 11.7 Å². The molecule has 1 rings (SSSR count). The number of phenols is 1. The molecule has 0 unspecified atom stereocenters. The first-order valence-electron chi connectivity index (χ1n) is 4.29. The maximum absolute atomic E-state index is 9.48. The van der Waals surface area contributed by atoms with Gasteiger partial charge in [-0.2, -0.15) is 0 Å². The summed E-state index contributed by atoms with van der Waals surface area (Å²) in [6, 6.07) is 5.35. The van der Waals surface area contributed by atoms with Gasteiger partial charge in [-0.1, -0.05) is 28.9 Å². The van der Waals surface area contributed by atoms with Crippen LogP contribution < -0.4 is 0 Å². The molecule has 1 aromatic carbocycles. The molecule has 0 saturated heterocycles. The Hall–Kier alpha value is -0.540. The smallest absolute Gasteiger partial charge is 0.122 e. The predicted molar refractivity (Wildman–Crippen MR) is 55.8 cm³/mol. The first kappa shape index (κ1) is 10.5. The number of benzene rings is 1. The van der Waals surface area contributed by atoms with E-state index in [1.807, 2.05) is 6.07 Å². The van der Waals surface area contributed by atoms with Crippen molar-refractivity contribution in [1.29, 1.82) is 0 Å². The maximum atomic E-state index is 9.48. The van der Waals surface area contributed by atoms with Crippen molar-refractivity contribution in [2.45, 2.75) is 20.0 Å². The molecule has 0 aliphatic heterocycles. The highest BCUT2D eigenvalue weighted by molar-refractivity contribution is 9.10. The average molecular weight is 245 g/mol. The Labute approximate surface area is 86.7 Å². The highest BCUT2D eigenvalue weighted by Crippen LogP contribution is 2.26. The van der Waals surface area contributed by atoms with E-state index < -0.39 is 0 Å². The molecule has 0 atom stereocenters. The second kappa shape index (κ2) is 5.25. The molecule has 0 amide bonds. The standard InChI is InChI=1S/C10H13BrO2/c1-2-6-13-7-8-9(11)4-3-5-10(8)12/h3-5,12H,2,6-7H2,1H3. The Morgan fingerprint density at radius 1 is 1.46 bits per heavy atom. The van der Waals surface area contributed by atoms with Crippen LogP contribution in [0.15, 0.2) is 22.7 Å². The van der Waals surface area contributed by atoms with Crippen molar-refractivity contribution in [2.75, 3.05) is 6.61 Å². The molecule has 0 radical (unpaired) electrons. The van der Waals surface area contributed by atoms with Crippen molar-refractivity contribution in [3.05, 3.63) is 28.2 Å². The van der Waals surface area contributed by atoms with E-state index in [9.17, 15) is 5.11 Å². The van der Waals surface area contributed by atoms with Crippen LogP contribution in [0.4, 0.5) is 0 Å². The van der Waals surface area contributed by atoms with Crippen LogP contribution in [0, 0.1) is 0 Å². The van der Waals surface area contributed by atoms with E-state index in [4.69, 9.17) is 4.74 Å². The SMILES string of the molecule is CCCOCc1c(O)cccc1Br. The molecule has 13 heavy (non-hydrogen) atoms. The van der Waals surface area contributed by atoms with Crippen LogP contribution in [0.1, 0.15) is 18.9 Å². The summed E-state index contributed by atoms with van der Waals surface area (Å²) in [5.41, 5.74) is 0.816. The third-order valence-corrected chi connectivity index (χ3v) is 2.43. The number of ether oxygens (including phenoxy) is 1. The van der Waals surface area contributed by atoms with Crippen LogP contribution in [-0.2, 0) is 11.3 Å². The normalized spacial score (nSPS) is 10.3. The van der Waals surface area contributed by atoms with Crippen molar-refractivity contribution in [2.24, 2.45) is 0 Å². The maximum Gasteiger partial charge on any atom is 0.122 e. The third-order valence-electron chi connectivity index (χ3n) is 1.69. The van der Waals surface area contributed by atoms with E-state index in [2.05, 4.69) is 22.9 Å². The van der Waals surface area contributed by atoms with Gasteiger partial charge in [0.15, 0.2) is 0 Å². The molecule has 0 saturated carbocycles. The van der Waals surface area contributed by atoms with E-state index in [1.165, 1.54) is 0 Å². The highest BCUT2D eigenvalue weighted by Gasteiger charge is 2.04. The quantitative estimate of drug-likeness (QED) is 0.826. The third kappa shape index (κ3) is 3.01. The first-order chi connectivity index (χ1) is 6.25. The minimum Gasteiger partial charge on any atom is -0.508 e. The van der Waals surface area contributed by atoms with Gasteiger partial charge in [0.2, 0.25) is 0 Å². The summed E-state index contributed by atoms with van der Waals surface area (Å²) in [6.45, 7) is 3.24. The lowest BCUT2D eigenvalue weighted by molar-refractivity contribution is 0.119. The second-order valence-corrected chi connectivity index (χ2v) is 3.64. The fraction of sp³-hybridized carbons (Fsp3) is 0.400. The van der Waals surface area contributed by atoms with Gasteiger partial charge in [0.1, 0.15) is 5.75 Å². The molecule has 2 nitrogen and oxygen atoms in total. The zero-order valence-electron chi connectivity index (χ0n) is 7.59. The molecular formula is C10H13BrO2. The van der Waals surface area contributed by atoms with E-state index in [1.54, 1.807) is 12.1 Å². The van der Waals surface area contributed by atoms with Gasteiger partial charge in [0.25, 0.3) is 0 Å². The zero-order valence-corrected chi connectivity index (χ0v) is 9.17. The van der Waals surface area contributed by atoms with Crippen molar-refractivity contribution < 1.29 is 9.84 Å². The zero-order chi connectivity index (χ0) is 9.68. The number of aromatic hydroxyl groups is 1. The number of hydrogen-bond donors (Lipinski definition) is 1.